The van der Waals surface area contributed by atoms with Crippen LogP contribution < -0.4 is 0 Å². The molecule has 2 rings (SSSR count). The summed E-state index contributed by atoms with van der Waals surface area (Å²) in [5.41, 5.74) is 2.02. The number of aliphatic hydroxyl groups excluding tert-OH is 1. The fraction of sp³-hybridized carbons (Fsp3) is 0.200. The first kappa shape index (κ1) is 8.13. The van der Waals surface area contributed by atoms with Crippen molar-refractivity contribution in [3.63, 3.8) is 0 Å². The van der Waals surface area contributed by atoms with Crippen LogP contribution in [0.3, 0.4) is 0 Å². The molecule has 0 saturated carbocycles. The predicted molar refractivity (Wildman–Crippen MR) is 50.8 cm³/mol. The maximum Gasteiger partial charge on any atom is 0.116 e. The molecule has 0 fully saturated rings. The van der Waals surface area contributed by atoms with Gasteiger partial charge in [-0.3, -0.25) is 0 Å². The molecule has 13 heavy (non-hydrogen) atoms. The maximum absolute atomic E-state index is 9.26. The van der Waals surface area contributed by atoms with Crippen LogP contribution in [0.5, 0.6) is 5.75 Å². The summed E-state index contributed by atoms with van der Waals surface area (Å²) in [6.45, 7) is 0.128. The third-order valence-electron chi connectivity index (χ3n) is 2.13. The molecular formula is C10H11NO2. The van der Waals surface area contributed by atoms with Gasteiger partial charge in [0.25, 0.3) is 0 Å². The molecule has 1 aromatic heterocycles. The molecular weight excluding hydrogens is 166 g/mol. The average Bonchev–Trinajstić information content (AvgIpc) is 2.49. The third kappa shape index (κ3) is 1.38. The van der Waals surface area contributed by atoms with Gasteiger partial charge in [-0.05, 0) is 30.2 Å². The van der Waals surface area contributed by atoms with Crippen LogP contribution in [0.15, 0.2) is 24.4 Å². The number of nitrogens with one attached hydrogen (secondary N) is 1. The second kappa shape index (κ2) is 3.11. The molecule has 3 N–H and O–H groups in total. The van der Waals surface area contributed by atoms with Crippen molar-refractivity contribution in [2.24, 2.45) is 0 Å². The molecule has 68 valence electrons. The summed E-state index contributed by atoms with van der Waals surface area (Å²) in [5.74, 6) is 0.256. The van der Waals surface area contributed by atoms with Gasteiger partial charge in [0.05, 0.1) is 0 Å². The Hall–Kier alpha value is -1.48. The highest BCUT2D eigenvalue weighted by molar-refractivity contribution is 5.84. The van der Waals surface area contributed by atoms with Crippen LogP contribution in [0.2, 0.25) is 0 Å². The minimum Gasteiger partial charge on any atom is -0.508 e. The Kier molecular flexibility index (Phi) is 1.94. The Bertz CT molecular complexity index is 420. The van der Waals surface area contributed by atoms with E-state index in [1.54, 1.807) is 12.1 Å². The zero-order chi connectivity index (χ0) is 9.26. The fourth-order valence-corrected chi connectivity index (χ4v) is 1.49. The van der Waals surface area contributed by atoms with Gasteiger partial charge in [0.2, 0.25) is 0 Å². The van der Waals surface area contributed by atoms with Gasteiger partial charge in [0.1, 0.15) is 5.75 Å². The summed E-state index contributed by atoms with van der Waals surface area (Å²) in [6, 6.07) is 5.17. The molecule has 0 radical (unpaired) electrons. The Morgan fingerprint density at radius 3 is 2.92 bits per heavy atom. The molecule has 0 spiro atoms. The molecule has 1 heterocycles. The number of hydrogen-bond acceptors (Lipinski definition) is 2. The highest BCUT2D eigenvalue weighted by atomic mass is 16.3. The summed E-state index contributed by atoms with van der Waals surface area (Å²) in [4.78, 5) is 3.08. The third-order valence-corrected chi connectivity index (χ3v) is 2.13. The quantitative estimate of drug-likeness (QED) is 0.649. The van der Waals surface area contributed by atoms with Gasteiger partial charge < -0.3 is 15.2 Å². The number of aromatic hydroxyl groups is 1. The van der Waals surface area contributed by atoms with Crippen LogP contribution in [0.1, 0.15) is 5.56 Å². The van der Waals surface area contributed by atoms with Crippen molar-refractivity contribution in [2.75, 3.05) is 6.61 Å². The number of aromatic nitrogens is 1. The average molecular weight is 177 g/mol. The predicted octanol–water partition coefficient (Wildman–Crippen LogP) is 1.41. The first-order valence-corrected chi connectivity index (χ1v) is 4.21. The molecule has 1 aromatic carbocycles. The molecule has 0 aliphatic rings. The molecule has 3 nitrogen and oxygen atoms in total. The summed E-state index contributed by atoms with van der Waals surface area (Å²) in [7, 11) is 0. The van der Waals surface area contributed by atoms with Gasteiger partial charge >= 0.3 is 0 Å². The molecule has 0 aliphatic heterocycles. The zero-order valence-electron chi connectivity index (χ0n) is 7.12. The Morgan fingerprint density at radius 1 is 1.31 bits per heavy atom. The lowest BCUT2D eigenvalue weighted by atomic mass is 10.1. The SMILES string of the molecule is OCCc1c[nH]c2ccc(O)cc12. The maximum atomic E-state index is 9.26. The van der Waals surface area contributed by atoms with Crippen molar-refractivity contribution in [1.82, 2.24) is 4.98 Å². The van der Waals surface area contributed by atoms with E-state index in [0.29, 0.717) is 6.42 Å². The number of benzene rings is 1. The van der Waals surface area contributed by atoms with Gasteiger partial charge in [-0.25, -0.2) is 0 Å². The van der Waals surface area contributed by atoms with Crippen LogP contribution in [-0.2, 0) is 6.42 Å². The topological polar surface area (TPSA) is 56.2 Å². The lowest BCUT2D eigenvalue weighted by Crippen LogP contribution is -1.87. The highest BCUT2D eigenvalue weighted by Crippen LogP contribution is 2.22. The van der Waals surface area contributed by atoms with Crippen LogP contribution >= 0.6 is 0 Å². The van der Waals surface area contributed by atoms with Gasteiger partial charge in [0.15, 0.2) is 0 Å². The molecule has 0 atom stereocenters. The number of aromatic amines is 1. The van der Waals surface area contributed by atoms with E-state index in [1.807, 2.05) is 12.3 Å². The molecule has 0 amide bonds. The number of phenolic OH excluding ortho intramolecular Hbond substituents is 1. The van der Waals surface area contributed by atoms with Gasteiger partial charge in [-0.15, -0.1) is 0 Å². The van der Waals surface area contributed by atoms with E-state index in [4.69, 9.17) is 5.11 Å². The van der Waals surface area contributed by atoms with Crippen LogP contribution in [0.4, 0.5) is 0 Å². The number of rotatable bonds is 2. The van der Waals surface area contributed by atoms with Crippen molar-refractivity contribution in [2.45, 2.75) is 6.42 Å². The number of hydrogen-bond donors (Lipinski definition) is 3. The number of phenols is 1. The number of fused-ring (bicyclic) bond motifs is 1. The van der Waals surface area contributed by atoms with E-state index >= 15 is 0 Å². The van der Waals surface area contributed by atoms with Crippen molar-refractivity contribution in [1.29, 1.82) is 0 Å². The van der Waals surface area contributed by atoms with Crippen LogP contribution in [0, 0.1) is 0 Å². The zero-order valence-corrected chi connectivity index (χ0v) is 7.12. The Morgan fingerprint density at radius 2 is 2.15 bits per heavy atom. The fourth-order valence-electron chi connectivity index (χ4n) is 1.49. The van der Waals surface area contributed by atoms with Crippen LogP contribution in [-0.4, -0.2) is 21.8 Å². The van der Waals surface area contributed by atoms with Crippen molar-refractivity contribution in [3.8, 4) is 5.75 Å². The van der Waals surface area contributed by atoms with Gasteiger partial charge in [0, 0.05) is 23.7 Å². The van der Waals surface area contributed by atoms with Crippen molar-refractivity contribution < 1.29 is 10.2 Å². The second-order valence-corrected chi connectivity index (χ2v) is 3.02. The summed E-state index contributed by atoms with van der Waals surface area (Å²) in [5, 5.41) is 19.0. The second-order valence-electron chi connectivity index (χ2n) is 3.02. The summed E-state index contributed by atoms with van der Waals surface area (Å²) in [6.07, 6.45) is 2.48. The van der Waals surface area contributed by atoms with E-state index in [9.17, 15) is 5.11 Å². The molecule has 0 saturated heterocycles. The Labute approximate surface area is 75.6 Å². The lowest BCUT2D eigenvalue weighted by molar-refractivity contribution is 0.300. The highest BCUT2D eigenvalue weighted by Gasteiger charge is 2.02. The summed E-state index contributed by atoms with van der Waals surface area (Å²) >= 11 is 0. The number of aliphatic hydroxyl groups is 1. The molecule has 3 heteroatoms. The van der Waals surface area contributed by atoms with E-state index in [2.05, 4.69) is 4.98 Å². The van der Waals surface area contributed by atoms with Crippen LogP contribution in [0.25, 0.3) is 10.9 Å². The number of H-pyrrole nitrogens is 1. The largest absolute Gasteiger partial charge is 0.508 e. The van der Waals surface area contributed by atoms with Crippen molar-refractivity contribution in [3.05, 3.63) is 30.0 Å². The molecule has 0 bridgehead atoms. The lowest BCUT2D eigenvalue weighted by Gasteiger charge is -1.96. The van der Waals surface area contributed by atoms with E-state index < -0.39 is 0 Å². The minimum atomic E-state index is 0.128. The smallest absolute Gasteiger partial charge is 0.116 e. The van der Waals surface area contributed by atoms with Gasteiger partial charge in [-0.2, -0.15) is 0 Å². The minimum absolute atomic E-state index is 0.128. The molecule has 2 aromatic rings. The standard InChI is InChI=1S/C10H11NO2/c12-4-3-7-6-11-10-2-1-8(13)5-9(7)10/h1-2,5-6,11-13H,3-4H2. The summed E-state index contributed by atoms with van der Waals surface area (Å²) < 4.78 is 0. The normalized spacial score (nSPS) is 10.8. The monoisotopic (exact) mass is 177 g/mol. The first-order chi connectivity index (χ1) is 6.31. The van der Waals surface area contributed by atoms with E-state index in [-0.39, 0.29) is 12.4 Å². The Balaban J connectivity index is 2.58. The van der Waals surface area contributed by atoms with Crippen molar-refractivity contribution >= 4 is 10.9 Å². The van der Waals surface area contributed by atoms with Gasteiger partial charge in [-0.1, -0.05) is 0 Å². The molecule has 0 aliphatic carbocycles. The van der Waals surface area contributed by atoms with E-state index in [0.717, 1.165) is 16.5 Å². The van der Waals surface area contributed by atoms with E-state index in [1.165, 1.54) is 0 Å². The first-order valence-electron chi connectivity index (χ1n) is 4.21. The molecule has 0 unspecified atom stereocenters.